The fourth-order valence-corrected chi connectivity index (χ4v) is 5.22. The third-order valence-electron chi connectivity index (χ3n) is 5.11. The Kier molecular flexibility index (Phi) is 5.64. The van der Waals surface area contributed by atoms with Gasteiger partial charge >= 0.3 is 0 Å². The molecule has 0 unspecified atom stereocenters. The standard InChI is InChI=1S/C21H25N5O2S/c1-17-11-15-26(24-17)19-9-4-3-8-18(19)16-23-21-20(10-7-12-22-21)29(27,28)25-13-5-2-6-14-25/h3-4,7-12,15H,2,5-6,13-14,16H2,1H3,(H,22,23). The third kappa shape index (κ3) is 4.18. The maximum Gasteiger partial charge on any atom is 0.246 e. The zero-order valence-electron chi connectivity index (χ0n) is 16.5. The van der Waals surface area contributed by atoms with Gasteiger partial charge in [-0.05, 0) is 49.6 Å². The largest absolute Gasteiger partial charge is 0.365 e. The van der Waals surface area contributed by atoms with E-state index in [4.69, 9.17) is 0 Å². The second-order valence-electron chi connectivity index (χ2n) is 7.20. The third-order valence-corrected chi connectivity index (χ3v) is 7.04. The summed E-state index contributed by atoms with van der Waals surface area (Å²) in [6.45, 7) is 3.52. The number of nitrogens with one attached hydrogen (secondary N) is 1. The van der Waals surface area contributed by atoms with Crippen molar-refractivity contribution < 1.29 is 8.42 Å². The molecule has 2 aromatic heterocycles. The Balaban J connectivity index is 1.59. The first-order chi connectivity index (χ1) is 14.1. The lowest BCUT2D eigenvalue weighted by molar-refractivity contribution is 0.346. The molecule has 1 saturated heterocycles. The Morgan fingerprint density at radius 3 is 2.59 bits per heavy atom. The van der Waals surface area contributed by atoms with Crippen molar-refractivity contribution >= 4 is 15.8 Å². The Bertz CT molecular complexity index is 1090. The lowest BCUT2D eigenvalue weighted by Crippen LogP contribution is -2.36. The van der Waals surface area contributed by atoms with Crippen LogP contribution < -0.4 is 5.32 Å². The van der Waals surface area contributed by atoms with Crippen LogP contribution in [0.2, 0.25) is 0 Å². The highest BCUT2D eigenvalue weighted by molar-refractivity contribution is 7.89. The van der Waals surface area contributed by atoms with Gasteiger partial charge in [-0.25, -0.2) is 18.1 Å². The molecule has 4 rings (SSSR count). The number of aryl methyl sites for hydroxylation is 1. The topological polar surface area (TPSA) is 80.1 Å². The van der Waals surface area contributed by atoms with Gasteiger partial charge in [0.2, 0.25) is 10.0 Å². The minimum absolute atomic E-state index is 0.231. The van der Waals surface area contributed by atoms with Crippen LogP contribution in [-0.2, 0) is 16.6 Å². The van der Waals surface area contributed by atoms with Crippen LogP contribution in [0.15, 0.2) is 59.8 Å². The maximum atomic E-state index is 13.1. The summed E-state index contributed by atoms with van der Waals surface area (Å²) < 4.78 is 29.7. The fraction of sp³-hybridized carbons (Fsp3) is 0.333. The Morgan fingerprint density at radius 2 is 1.83 bits per heavy atom. The molecule has 152 valence electrons. The maximum absolute atomic E-state index is 13.1. The molecule has 0 saturated carbocycles. The van der Waals surface area contributed by atoms with E-state index in [0.29, 0.717) is 25.5 Å². The van der Waals surface area contributed by atoms with E-state index in [-0.39, 0.29) is 4.90 Å². The summed E-state index contributed by atoms with van der Waals surface area (Å²) in [5.74, 6) is 0.379. The molecule has 1 fully saturated rings. The van der Waals surface area contributed by atoms with Gasteiger partial charge in [-0.2, -0.15) is 9.40 Å². The van der Waals surface area contributed by atoms with Crippen LogP contribution in [-0.4, -0.2) is 40.6 Å². The van der Waals surface area contributed by atoms with Gasteiger partial charge in [0.05, 0.1) is 11.4 Å². The molecule has 1 aliphatic rings. The minimum Gasteiger partial charge on any atom is -0.365 e. The molecule has 0 radical (unpaired) electrons. The molecule has 0 aliphatic carbocycles. The van der Waals surface area contributed by atoms with Gasteiger partial charge in [0.1, 0.15) is 10.7 Å². The van der Waals surface area contributed by atoms with E-state index < -0.39 is 10.0 Å². The monoisotopic (exact) mass is 411 g/mol. The molecule has 3 heterocycles. The van der Waals surface area contributed by atoms with Crippen LogP contribution in [0, 0.1) is 6.92 Å². The van der Waals surface area contributed by atoms with Crippen LogP contribution >= 0.6 is 0 Å². The molecule has 3 aromatic rings. The fourth-order valence-electron chi connectivity index (χ4n) is 3.59. The van der Waals surface area contributed by atoms with Gasteiger partial charge in [-0.1, -0.05) is 24.6 Å². The number of para-hydroxylation sites is 1. The number of pyridine rings is 1. The van der Waals surface area contributed by atoms with Gasteiger partial charge in [0.25, 0.3) is 0 Å². The summed E-state index contributed by atoms with van der Waals surface area (Å²) in [7, 11) is -3.57. The normalized spacial score (nSPS) is 15.3. The molecule has 1 aliphatic heterocycles. The predicted molar refractivity (Wildman–Crippen MR) is 112 cm³/mol. The van der Waals surface area contributed by atoms with Crippen molar-refractivity contribution in [2.75, 3.05) is 18.4 Å². The molecule has 1 N–H and O–H groups in total. The zero-order chi connectivity index (χ0) is 20.3. The number of hydrogen-bond donors (Lipinski definition) is 1. The van der Waals surface area contributed by atoms with E-state index in [0.717, 1.165) is 36.2 Å². The Labute approximate surface area is 171 Å². The molecular weight excluding hydrogens is 386 g/mol. The SMILES string of the molecule is Cc1ccn(-c2ccccc2CNc2ncccc2S(=O)(=O)N2CCCCC2)n1. The number of nitrogens with zero attached hydrogens (tertiary/aromatic N) is 4. The van der Waals surface area contributed by atoms with E-state index in [1.54, 1.807) is 22.6 Å². The van der Waals surface area contributed by atoms with Crippen molar-refractivity contribution in [3.8, 4) is 5.69 Å². The van der Waals surface area contributed by atoms with Crippen molar-refractivity contribution in [2.45, 2.75) is 37.6 Å². The zero-order valence-corrected chi connectivity index (χ0v) is 17.3. The van der Waals surface area contributed by atoms with Crippen molar-refractivity contribution in [3.05, 3.63) is 66.1 Å². The average Bonchev–Trinajstić information content (AvgIpc) is 3.19. The predicted octanol–water partition coefficient (Wildman–Crippen LogP) is 3.36. The Hall–Kier alpha value is -2.71. The molecule has 0 atom stereocenters. The number of anilines is 1. The molecule has 1 aromatic carbocycles. The molecule has 29 heavy (non-hydrogen) atoms. The second-order valence-corrected chi connectivity index (χ2v) is 9.11. The van der Waals surface area contributed by atoms with Crippen molar-refractivity contribution in [3.63, 3.8) is 0 Å². The second kappa shape index (κ2) is 8.34. The lowest BCUT2D eigenvalue weighted by atomic mass is 10.2. The van der Waals surface area contributed by atoms with Crippen LogP contribution in [0.1, 0.15) is 30.5 Å². The van der Waals surface area contributed by atoms with Crippen molar-refractivity contribution in [1.82, 2.24) is 19.1 Å². The first-order valence-electron chi connectivity index (χ1n) is 9.85. The average molecular weight is 412 g/mol. The molecule has 0 amide bonds. The molecule has 8 heteroatoms. The summed E-state index contributed by atoms with van der Waals surface area (Å²) in [6, 6.07) is 13.2. The van der Waals surface area contributed by atoms with Crippen LogP contribution in [0.4, 0.5) is 5.82 Å². The first-order valence-corrected chi connectivity index (χ1v) is 11.3. The summed E-state index contributed by atoms with van der Waals surface area (Å²) in [4.78, 5) is 4.55. The molecule has 7 nitrogen and oxygen atoms in total. The van der Waals surface area contributed by atoms with Gasteiger partial charge in [-0.15, -0.1) is 0 Å². The molecule has 0 spiro atoms. The van der Waals surface area contributed by atoms with E-state index in [9.17, 15) is 8.42 Å². The van der Waals surface area contributed by atoms with Gasteiger partial charge in [-0.3, -0.25) is 0 Å². The van der Waals surface area contributed by atoms with Crippen LogP contribution in [0.3, 0.4) is 0 Å². The summed E-state index contributed by atoms with van der Waals surface area (Å²) in [5, 5.41) is 7.72. The lowest BCUT2D eigenvalue weighted by Gasteiger charge is -2.26. The van der Waals surface area contributed by atoms with E-state index in [1.165, 1.54) is 0 Å². The number of piperidine rings is 1. The van der Waals surface area contributed by atoms with Crippen LogP contribution in [0.25, 0.3) is 5.69 Å². The first kappa shape index (κ1) is 19.6. The van der Waals surface area contributed by atoms with E-state index in [1.807, 2.05) is 48.1 Å². The highest BCUT2D eigenvalue weighted by Crippen LogP contribution is 2.26. The van der Waals surface area contributed by atoms with Gasteiger partial charge < -0.3 is 5.32 Å². The highest BCUT2D eigenvalue weighted by atomic mass is 32.2. The highest BCUT2D eigenvalue weighted by Gasteiger charge is 2.28. The van der Waals surface area contributed by atoms with Crippen molar-refractivity contribution in [1.29, 1.82) is 0 Å². The van der Waals surface area contributed by atoms with E-state index >= 15 is 0 Å². The number of sulfonamides is 1. The summed E-state index contributed by atoms with van der Waals surface area (Å²) in [6.07, 6.45) is 6.41. The number of rotatable bonds is 6. The van der Waals surface area contributed by atoms with Crippen molar-refractivity contribution in [2.24, 2.45) is 0 Å². The van der Waals surface area contributed by atoms with E-state index in [2.05, 4.69) is 15.4 Å². The molecule has 0 bridgehead atoms. The van der Waals surface area contributed by atoms with Gasteiger partial charge in [0.15, 0.2) is 0 Å². The molecular formula is C21H25N5O2S. The summed E-state index contributed by atoms with van der Waals surface area (Å²) in [5.41, 5.74) is 2.89. The Morgan fingerprint density at radius 1 is 1.03 bits per heavy atom. The van der Waals surface area contributed by atoms with Gasteiger partial charge in [0, 0.05) is 32.0 Å². The summed E-state index contributed by atoms with van der Waals surface area (Å²) >= 11 is 0. The number of hydrogen-bond acceptors (Lipinski definition) is 5. The number of aromatic nitrogens is 3. The number of benzene rings is 1. The minimum atomic E-state index is -3.57. The quantitative estimate of drug-likeness (QED) is 0.673. The smallest absolute Gasteiger partial charge is 0.246 e. The van der Waals surface area contributed by atoms with Crippen LogP contribution in [0.5, 0.6) is 0 Å².